The summed E-state index contributed by atoms with van der Waals surface area (Å²) in [6, 6.07) is 1.45. The summed E-state index contributed by atoms with van der Waals surface area (Å²) in [5.41, 5.74) is 0. The van der Waals surface area contributed by atoms with Crippen LogP contribution in [0.2, 0.25) is 0 Å². The molecule has 11 heavy (non-hydrogen) atoms. The van der Waals surface area contributed by atoms with Gasteiger partial charge in [-0.25, -0.2) is 4.68 Å². The Hall–Kier alpha value is -0.945. The van der Waals surface area contributed by atoms with E-state index in [0.29, 0.717) is 4.68 Å². The van der Waals surface area contributed by atoms with Crippen molar-refractivity contribution in [3.63, 3.8) is 0 Å². The maximum atomic E-state index is 11.5. The van der Waals surface area contributed by atoms with E-state index in [2.05, 4.69) is 5.10 Å². The first-order valence-electron chi connectivity index (χ1n) is 2.71. The minimum absolute atomic E-state index is 0.583. The lowest BCUT2D eigenvalue weighted by atomic mass is 10.5. The second-order valence-corrected chi connectivity index (χ2v) is 1.41. The number of hydrogen-bond donors (Lipinski definition) is 2. The van der Waals surface area contributed by atoms with Crippen molar-refractivity contribution in [2.75, 3.05) is 0 Å². The number of rotatable bonds is 1. The number of alkyl halides is 2. The van der Waals surface area contributed by atoms with Gasteiger partial charge < -0.3 is 10.0 Å². The van der Waals surface area contributed by atoms with Crippen molar-refractivity contribution in [3.05, 3.63) is 18.5 Å². The number of aromatic nitrogens is 2. The van der Waals surface area contributed by atoms with Crippen LogP contribution < -0.4 is 0 Å². The van der Waals surface area contributed by atoms with Gasteiger partial charge in [0.05, 0.1) is 0 Å². The maximum Gasteiger partial charge on any atom is 0.432 e. The molecule has 0 aliphatic rings. The molecule has 4 nitrogen and oxygen atoms in total. The summed E-state index contributed by atoms with van der Waals surface area (Å²) in [6.45, 7) is -2.51. The molecule has 0 radical (unpaired) electrons. The predicted molar refractivity (Wildman–Crippen MR) is 35.1 cm³/mol. The zero-order chi connectivity index (χ0) is 8.69. The van der Waals surface area contributed by atoms with E-state index in [4.69, 9.17) is 10.0 Å². The fourth-order valence-corrected chi connectivity index (χ4v) is 0.396. The van der Waals surface area contributed by atoms with Gasteiger partial charge in [0.15, 0.2) is 0 Å². The molecule has 0 saturated carbocycles. The minimum atomic E-state index is -2.51. The highest BCUT2D eigenvalue weighted by Gasteiger charge is 2.01. The lowest BCUT2D eigenvalue weighted by Gasteiger charge is -1.93. The van der Waals surface area contributed by atoms with Crippen LogP contribution in [-0.2, 0) is 0 Å². The average molecular weight is 164 g/mol. The van der Waals surface area contributed by atoms with Crippen molar-refractivity contribution in [1.82, 2.24) is 9.78 Å². The van der Waals surface area contributed by atoms with Crippen LogP contribution in [0.4, 0.5) is 8.78 Å². The van der Waals surface area contributed by atoms with Crippen LogP contribution in [-0.4, -0.2) is 27.5 Å². The van der Waals surface area contributed by atoms with Gasteiger partial charge in [0.25, 0.3) is 0 Å². The molecular weight excluding hydrogens is 157 g/mol. The van der Waals surface area contributed by atoms with Crippen LogP contribution in [0.1, 0.15) is 6.55 Å². The zero-order valence-electron chi connectivity index (χ0n) is 5.56. The summed E-state index contributed by atoms with van der Waals surface area (Å²) in [4.78, 5) is 0. The van der Waals surface area contributed by atoms with E-state index in [-0.39, 0.29) is 0 Å². The van der Waals surface area contributed by atoms with E-state index in [0.717, 1.165) is 0 Å². The van der Waals surface area contributed by atoms with Gasteiger partial charge in [-0.05, 0) is 6.07 Å². The molecule has 0 saturated heterocycles. The van der Waals surface area contributed by atoms with Crippen molar-refractivity contribution in [2.24, 2.45) is 0 Å². The van der Waals surface area contributed by atoms with Crippen molar-refractivity contribution in [1.29, 1.82) is 0 Å². The molecule has 2 N–H and O–H groups in total. The molecule has 0 bridgehead atoms. The van der Waals surface area contributed by atoms with Gasteiger partial charge in [0.2, 0.25) is 0 Å². The average Bonchev–Trinajstić information content (AvgIpc) is 2.38. The summed E-state index contributed by atoms with van der Waals surface area (Å²) in [6.07, 6.45) is 2.52. The third-order valence-electron chi connectivity index (χ3n) is 0.725. The van der Waals surface area contributed by atoms with Crippen LogP contribution in [0.15, 0.2) is 18.5 Å². The minimum Gasteiger partial charge on any atom is -0.430 e. The van der Waals surface area contributed by atoms with E-state index in [1.807, 2.05) is 0 Å². The number of nitrogens with zero attached hydrogens (tertiary/aromatic N) is 2. The Morgan fingerprint density at radius 3 is 2.18 bits per heavy atom. The molecule has 1 aromatic rings. The second-order valence-electron chi connectivity index (χ2n) is 1.41. The summed E-state index contributed by atoms with van der Waals surface area (Å²) >= 11 is 0. The lowest BCUT2D eigenvalue weighted by molar-refractivity contribution is 0.0566. The van der Waals surface area contributed by atoms with Crippen molar-refractivity contribution < 1.29 is 18.8 Å². The van der Waals surface area contributed by atoms with Gasteiger partial charge in [-0.2, -0.15) is 13.9 Å². The Morgan fingerprint density at radius 2 is 2.00 bits per heavy atom. The van der Waals surface area contributed by atoms with E-state index in [1.165, 1.54) is 18.5 Å². The number of halogens is 2. The topological polar surface area (TPSA) is 58.3 Å². The molecule has 0 fully saturated rings. The Kier molecular flexibility index (Phi) is 5.31. The lowest BCUT2D eigenvalue weighted by Crippen LogP contribution is -1.96. The molecule has 0 amide bonds. The summed E-state index contributed by atoms with van der Waals surface area (Å²) < 4.78 is 23.6. The fraction of sp³-hybridized carbons (Fsp3) is 0.250. The van der Waals surface area contributed by atoms with Crippen LogP contribution in [0.25, 0.3) is 0 Å². The molecule has 1 heterocycles. The summed E-state index contributed by atoms with van der Waals surface area (Å²) in [5.74, 6) is 0. The highest BCUT2D eigenvalue weighted by molar-refractivity contribution is 6.13. The molecular formula is C4H7BF2N2O2. The SMILES string of the molecule is FC(F)n1cccn1.OBO. The maximum absolute atomic E-state index is 11.5. The molecule has 62 valence electrons. The van der Waals surface area contributed by atoms with Crippen molar-refractivity contribution >= 4 is 7.69 Å². The molecule has 1 rings (SSSR count). The fourth-order valence-electron chi connectivity index (χ4n) is 0.396. The molecule has 0 aromatic carbocycles. The van der Waals surface area contributed by atoms with Crippen LogP contribution in [0.3, 0.4) is 0 Å². The smallest absolute Gasteiger partial charge is 0.430 e. The van der Waals surface area contributed by atoms with Crippen LogP contribution in [0.5, 0.6) is 0 Å². The third kappa shape index (κ3) is 4.46. The number of hydrogen-bond acceptors (Lipinski definition) is 3. The Bertz CT molecular complexity index is 171. The first-order chi connectivity index (χ1) is 5.22. The normalized spacial score (nSPS) is 8.82. The Labute approximate surface area is 62.4 Å². The summed E-state index contributed by atoms with van der Waals surface area (Å²) in [7, 11) is -0.750. The van der Waals surface area contributed by atoms with E-state index in [9.17, 15) is 8.78 Å². The molecule has 0 spiro atoms. The molecule has 0 aliphatic carbocycles. The monoisotopic (exact) mass is 164 g/mol. The zero-order valence-corrected chi connectivity index (χ0v) is 5.56. The second kappa shape index (κ2) is 5.81. The van der Waals surface area contributed by atoms with Crippen molar-refractivity contribution in [2.45, 2.75) is 6.55 Å². The highest BCUT2D eigenvalue weighted by atomic mass is 19.3. The van der Waals surface area contributed by atoms with Gasteiger partial charge >= 0.3 is 14.2 Å². The van der Waals surface area contributed by atoms with E-state index < -0.39 is 14.2 Å². The van der Waals surface area contributed by atoms with Gasteiger partial charge in [-0.15, -0.1) is 0 Å². The highest BCUT2D eigenvalue weighted by Crippen LogP contribution is 2.04. The standard InChI is InChI=1S/C4H4F2N2.BH3O2/c5-4(6)8-3-1-2-7-8;2-1-3/h1-4H;1-3H. The molecule has 0 unspecified atom stereocenters. The quantitative estimate of drug-likeness (QED) is 0.550. The molecule has 0 aliphatic heterocycles. The molecule has 7 heteroatoms. The predicted octanol–water partition coefficient (Wildman–Crippen LogP) is -0.484. The first kappa shape index (κ1) is 10.1. The van der Waals surface area contributed by atoms with Gasteiger partial charge in [0, 0.05) is 12.4 Å². The van der Waals surface area contributed by atoms with E-state index >= 15 is 0 Å². The molecule has 0 atom stereocenters. The molecule has 1 aromatic heterocycles. The Balaban J connectivity index is 0.000000292. The van der Waals surface area contributed by atoms with Crippen molar-refractivity contribution in [3.8, 4) is 0 Å². The third-order valence-corrected chi connectivity index (χ3v) is 0.725. The van der Waals surface area contributed by atoms with Crippen LogP contribution >= 0.6 is 0 Å². The Morgan fingerprint density at radius 1 is 1.45 bits per heavy atom. The largest absolute Gasteiger partial charge is 0.432 e. The van der Waals surface area contributed by atoms with Crippen LogP contribution in [0, 0.1) is 0 Å². The first-order valence-corrected chi connectivity index (χ1v) is 2.71. The van der Waals surface area contributed by atoms with Gasteiger partial charge in [0.1, 0.15) is 0 Å². The van der Waals surface area contributed by atoms with E-state index in [1.54, 1.807) is 0 Å². The van der Waals surface area contributed by atoms with Gasteiger partial charge in [-0.1, -0.05) is 0 Å². The summed E-state index contributed by atoms with van der Waals surface area (Å²) in [5, 5.41) is 17.5. The van der Waals surface area contributed by atoms with Gasteiger partial charge in [-0.3, -0.25) is 0 Å².